The van der Waals surface area contributed by atoms with Crippen LogP contribution in [-0.2, 0) is 73.4 Å². The Kier molecular flexibility index (Phi) is 11.2. The molecular formula is C46H56B3BrN6O5. The smallest absolute Gasteiger partial charge is 0.426 e. The van der Waals surface area contributed by atoms with E-state index in [2.05, 4.69) is 108 Å². The number of hydrogen-bond acceptors (Lipinski definition) is 11. The van der Waals surface area contributed by atoms with Crippen molar-refractivity contribution in [2.75, 3.05) is 14.1 Å². The molecule has 0 amide bonds. The van der Waals surface area contributed by atoms with Gasteiger partial charge in [-0.25, -0.2) is 29.8 Å². The molecule has 61 heavy (non-hydrogen) atoms. The highest BCUT2D eigenvalue weighted by Crippen LogP contribution is 2.62. The number of fused-ring (bicyclic) bond motifs is 8. The minimum Gasteiger partial charge on any atom is -0.453 e. The fourth-order valence-corrected chi connectivity index (χ4v) is 11.5. The largest absolute Gasteiger partial charge is 0.453 e. The van der Waals surface area contributed by atoms with Gasteiger partial charge in [-0.2, -0.15) is 0 Å². The van der Waals surface area contributed by atoms with Crippen LogP contribution in [-0.4, -0.2) is 57.5 Å². The highest BCUT2D eigenvalue weighted by Gasteiger charge is 2.64. The van der Waals surface area contributed by atoms with Crippen LogP contribution in [0.4, 0.5) is 0 Å². The fraction of sp³-hybridized carbons (Fsp3) is 0.435. The Labute approximate surface area is 370 Å². The molecule has 2 atom stereocenters. The highest BCUT2D eigenvalue weighted by molar-refractivity contribution is 9.10. The molecule has 0 saturated carbocycles. The van der Waals surface area contributed by atoms with Crippen LogP contribution < -0.4 is 11.5 Å². The average molecular weight is 885 g/mol. The predicted octanol–water partition coefficient (Wildman–Crippen LogP) is 7.78. The first kappa shape index (κ1) is 42.2. The van der Waals surface area contributed by atoms with E-state index in [-0.39, 0.29) is 32.2 Å². The average Bonchev–Trinajstić information content (AvgIpc) is 3.76. The summed E-state index contributed by atoms with van der Waals surface area (Å²) in [6.45, 7) is 7.70. The van der Waals surface area contributed by atoms with Gasteiger partial charge in [-0.15, -0.1) is 0 Å². The predicted molar refractivity (Wildman–Crippen MR) is 246 cm³/mol. The monoisotopic (exact) mass is 884 g/mol. The van der Waals surface area contributed by atoms with Crippen LogP contribution in [0, 0.1) is 17.8 Å². The summed E-state index contributed by atoms with van der Waals surface area (Å²) < 4.78 is 16.4. The summed E-state index contributed by atoms with van der Waals surface area (Å²) in [4.78, 5) is 22.8. The molecular weight excluding hydrogens is 829 g/mol. The second-order valence-corrected chi connectivity index (χ2v) is 18.8. The third-order valence-corrected chi connectivity index (χ3v) is 14.7. The Morgan fingerprint density at radius 1 is 0.557 bits per heavy atom. The molecule has 11 nitrogen and oxygen atoms in total. The minimum absolute atomic E-state index is 0.0580. The Bertz CT molecular complexity index is 2160. The lowest BCUT2D eigenvalue weighted by Crippen LogP contribution is -2.44. The first-order valence-electron chi connectivity index (χ1n) is 21.8. The quantitative estimate of drug-likeness (QED) is 0.170. The molecule has 0 radical (unpaired) electrons. The van der Waals surface area contributed by atoms with Gasteiger partial charge in [-0.05, 0) is 137 Å². The van der Waals surface area contributed by atoms with Crippen LogP contribution in [0.1, 0.15) is 75.8 Å². The SMILES string of the molecule is CB1OB(C)OB(C)O1.CN1OC2(N=C1N)c1cc(Br)ccc1CC21CCc2ccccc2CC1.Cc1ccc2c(c1)C1(N=C(N)N(C)O1)C1(CCc3ccccc3CC1)C2. The lowest BCUT2D eigenvalue weighted by atomic mass is 9.71. The van der Waals surface area contributed by atoms with Crippen molar-refractivity contribution < 1.29 is 23.4 Å². The van der Waals surface area contributed by atoms with E-state index in [0.29, 0.717) is 11.9 Å². The molecule has 3 heterocycles. The molecule has 316 valence electrons. The van der Waals surface area contributed by atoms with Gasteiger partial charge in [0.25, 0.3) is 0 Å². The number of guanidine groups is 2. The molecule has 4 N–H and O–H groups in total. The molecule has 2 unspecified atom stereocenters. The van der Waals surface area contributed by atoms with Gasteiger partial charge in [0.1, 0.15) is 0 Å². The first-order chi connectivity index (χ1) is 29.2. The summed E-state index contributed by atoms with van der Waals surface area (Å²) >= 11 is 3.63. The van der Waals surface area contributed by atoms with Gasteiger partial charge in [-0.1, -0.05) is 94.3 Å². The number of benzene rings is 4. The van der Waals surface area contributed by atoms with Crippen molar-refractivity contribution >= 4 is 49.2 Å². The minimum atomic E-state index is -0.715. The van der Waals surface area contributed by atoms with E-state index in [1.165, 1.54) is 44.5 Å². The van der Waals surface area contributed by atoms with Gasteiger partial charge in [-0.3, -0.25) is 0 Å². The van der Waals surface area contributed by atoms with Gasteiger partial charge in [0.15, 0.2) is 0 Å². The van der Waals surface area contributed by atoms with Gasteiger partial charge < -0.3 is 25.2 Å². The Morgan fingerprint density at radius 3 is 1.31 bits per heavy atom. The van der Waals surface area contributed by atoms with E-state index in [0.717, 1.165) is 74.2 Å². The van der Waals surface area contributed by atoms with Crippen molar-refractivity contribution in [1.29, 1.82) is 0 Å². The summed E-state index contributed by atoms with van der Waals surface area (Å²) in [6.07, 6.45) is 10.4. The van der Waals surface area contributed by atoms with Crippen molar-refractivity contribution in [3.8, 4) is 0 Å². The molecule has 4 aromatic rings. The summed E-state index contributed by atoms with van der Waals surface area (Å²) in [5.74, 6) is 0.930. The number of halogens is 1. The van der Waals surface area contributed by atoms with Gasteiger partial charge in [0, 0.05) is 40.5 Å². The van der Waals surface area contributed by atoms with E-state index < -0.39 is 11.4 Å². The second kappa shape index (κ2) is 16.2. The zero-order chi connectivity index (χ0) is 42.7. The molecule has 11 rings (SSSR count). The van der Waals surface area contributed by atoms with Crippen LogP contribution in [0.5, 0.6) is 0 Å². The van der Waals surface area contributed by atoms with Crippen molar-refractivity contribution in [2.24, 2.45) is 32.3 Å². The van der Waals surface area contributed by atoms with Crippen LogP contribution in [0.25, 0.3) is 0 Å². The van der Waals surface area contributed by atoms with Crippen LogP contribution in [0.15, 0.2) is 99.4 Å². The fourth-order valence-electron chi connectivity index (χ4n) is 11.1. The van der Waals surface area contributed by atoms with Crippen LogP contribution >= 0.6 is 15.9 Å². The molecule has 7 aliphatic rings. The molecule has 0 bridgehead atoms. The molecule has 1 saturated heterocycles. The van der Waals surface area contributed by atoms with Gasteiger partial charge >= 0.3 is 21.4 Å². The Hall–Kier alpha value is -4.11. The lowest BCUT2D eigenvalue weighted by molar-refractivity contribution is -0.224. The molecule has 4 spiro atoms. The van der Waals surface area contributed by atoms with E-state index in [9.17, 15) is 0 Å². The third-order valence-electron chi connectivity index (χ3n) is 14.2. The van der Waals surface area contributed by atoms with E-state index in [1.54, 1.807) is 10.1 Å². The number of aliphatic imine (C=N–C) groups is 2. The summed E-state index contributed by atoms with van der Waals surface area (Å²) in [5, 5.41) is 3.28. The normalized spacial score (nSPS) is 25.2. The van der Waals surface area contributed by atoms with Crippen molar-refractivity contribution in [3.05, 3.63) is 139 Å². The molecule has 3 aliphatic heterocycles. The second-order valence-electron chi connectivity index (χ2n) is 17.9. The van der Waals surface area contributed by atoms with Crippen molar-refractivity contribution in [2.45, 2.75) is 103 Å². The molecule has 15 heteroatoms. The number of rotatable bonds is 0. The Balaban J connectivity index is 0.000000130. The standard InChI is InChI=1S/C22H25N3O.C21H22BrN3O.C3H9B3O3/c1-15-7-8-18-14-21(11-9-16-5-3-4-6-17(16)10-12-21)22(19(18)13-15)24-20(23)25(2)26-22;1-25-19(23)24-21(26-25)18-12-17(22)7-6-16(18)13-20(21)10-8-14-4-2-3-5-15(14)9-11-20;1-4-7-5(2)9-6(3)8-4/h3-8,13H,9-12,14H2,1-2H3,(H2,23,24);2-7,12H,8-11,13H2,1H3,(H2,23,24);1-3H3. The third kappa shape index (κ3) is 7.42. The summed E-state index contributed by atoms with van der Waals surface area (Å²) in [6, 6.07) is 30.8. The topological polar surface area (TPSA) is 129 Å². The number of hydrogen-bond donors (Lipinski definition) is 2. The van der Waals surface area contributed by atoms with Crippen molar-refractivity contribution in [3.63, 3.8) is 0 Å². The van der Waals surface area contributed by atoms with Crippen LogP contribution in [0.2, 0.25) is 20.5 Å². The zero-order valence-corrected chi connectivity index (χ0v) is 37.8. The highest BCUT2D eigenvalue weighted by atomic mass is 79.9. The zero-order valence-electron chi connectivity index (χ0n) is 36.2. The number of nitrogens with zero attached hydrogens (tertiary/aromatic N) is 4. The molecule has 4 aliphatic carbocycles. The molecule has 4 aromatic carbocycles. The van der Waals surface area contributed by atoms with E-state index >= 15 is 0 Å². The van der Waals surface area contributed by atoms with Gasteiger partial charge in [0.05, 0.1) is 0 Å². The Morgan fingerprint density at radius 2 is 0.934 bits per heavy atom. The summed E-state index contributed by atoms with van der Waals surface area (Å²) in [5.41, 5.74) is 23.0. The van der Waals surface area contributed by atoms with Crippen molar-refractivity contribution in [1.82, 2.24) is 10.1 Å². The maximum Gasteiger partial charge on any atom is 0.426 e. The lowest BCUT2D eigenvalue weighted by Gasteiger charge is -2.40. The van der Waals surface area contributed by atoms with E-state index in [1.807, 2.05) is 34.6 Å². The van der Waals surface area contributed by atoms with Crippen LogP contribution in [0.3, 0.4) is 0 Å². The molecule has 0 aromatic heterocycles. The summed E-state index contributed by atoms with van der Waals surface area (Å²) in [7, 11) is 3.31. The van der Waals surface area contributed by atoms with E-state index in [4.69, 9.17) is 44.8 Å². The number of nitrogens with two attached hydrogens (primary N) is 2. The number of aryl methyl sites for hydroxylation is 5. The van der Waals surface area contributed by atoms with Gasteiger partial charge in [0.2, 0.25) is 23.4 Å². The number of hydroxylamine groups is 4. The maximum atomic E-state index is 6.46. The molecule has 1 fully saturated rings. The first-order valence-corrected chi connectivity index (χ1v) is 22.6. The maximum absolute atomic E-state index is 6.46.